The van der Waals surface area contributed by atoms with Gasteiger partial charge in [0.1, 0.15) is 11.4 Å². The van der Waals surface area contributed by atoms with Gasteiger partial charge in [-0.25, -0.2) is 0 Å². The molecule has 8 N–H and O–H groups in total. The molecule has 0 saturated carbocycles. The van der Waals surface area contributed by atoms with Crippen LogP contribution in [-0.2, 0) is 14.1 Å². The Kier molecular flexibility index (Phi) is 11.5. The summed E-state index contributed by atoms with van der Waals surface area (Å²) in [4.78, 5) is 57.0. The minimum Gasteiger partial charge on any atom is -0.388 e. The number of hydrogen-bond donors (Lipinski definition) is 7. The number of nitrogens with one attached hydrogen (secondary N) is 6. The monoisotopic (exact) mass is 685 g/mol. The molecule has 0 aliphatic heterocycles. The van der Waals surface area contributed by atoms with Crippen LogP contribution < -0.4 is 31.9 Å². The van der Waals surface area contributed by atoms with E-state index < -0.39 is 23.6 Å². The van der Waals surface area contributed by atoms with E-state index in [1.165, 1.54) is 27.6 Å². The molecule has 4 rings (SSSR count). The van der Waals surface area contributed by atoms with Crippen LogP contribution in [0.15, 0.2) is 42.6 Å². The first-order valence-electron chi connectivity index (χ1n) is 14.1. The molecule has 0 aliphatic carbocycles. The van der Waals surface area contributed by atoms with Gasteiger partial charge in [0.2, 0.25) is 11.8 Å². The number of carbonyl (C=O) groups is 4. The van der Waals surface area contributed by atoms with Crippen LogP contribution in [0, 0.1) is 5.41 Å². The highest BCUT2D eigenvalue weighted by Crippen LogP contribution is 2.18. The van der Waals surface area contributed by atoms with Gasteiger partial charge in [-0.2, -0.15) is 10.1 Å². The van der Waals surface area contributed by atoms with Crippen molar-refractivity contribution in [2.45, 2.75) is 6.42 Å². The maximum absolute atomic E-state index is 13.0. The van der Waals surface area contributed by atoms with Crippen LogP contribution in [0.3, 0.4) is 0 Å². The van der Waals surface area contributed by atoms with Crippen molar-refractivity contribution in [1.29, 1.82) is 5.41 Å². The zero-order valence-electron chi connectivity index (χ0n) is 25.4. The molecule has 17 nitrogen and oxygen atoms in total. The summed E-state index contributed by atoms with van der Waals surface area (Å²) in [5.41, 5.74) is 7.19. The zero-order valence-corrected chi connectivity index (χ0v) is 26.9. The highest BCUT2D eigenvalue weighted by molar-refractivity contribution is 6.18. The van der Waals surface area contributed by atoms with E-state index in [2.05, 4.69) is 41.5 Å². The Labute approximate surface area is 278 Å². The topological polar surface area (TPSA) is 234 Å². The van der Waals surface area contributed by atoms with E-state index >= 15 is 0 Å². The van der Waals surface area contributed by atoms with Gasteiger partial charge < -0.3 is 31.2 Å². The first kappa shape index (κ1) is 34.5. The number of amides is 4. The van der Waals surface area contributed by atoms with E-state index in [1.807, 2.05) is 4.90 Å². The molecular formula is C28H33Cl2N13O4. The first-order chi connectivity index (χ1) is 22.5. The highest BCUT2D eigenvalue weighted by atomic mass is 35.5. The molecule has 0 radical (unpaired) electrons. The molecule has 0 fully saturated rings. The number of benzene rings is 1. The van der Waals surface area contributed by atoms with Gasteiger partial charge in [0.15, 0.2) is 5.82 Å². The lowest BCUT2D eigenvalue weighted by molar-refractivity contribution is 0.0943. The number of aromatic amines is 1. The summed E-state index contributed by atoms with van der Waals surface area (Å²) in [6.45, 7) is 1.40. The number of alkyl halides is 2. The molecule has 47 heavy (non-hydrogen) atoms. The molecule has 0 saturated heterocycles. The summed E-state index contributed by atoms with van der Waals surface area (Å²) in [5.74, 6) is -1.46. The van der Waals surface area contributed by atoms with Crippen LogP contribution in [0.5, 0.6) is 0 Å². The Morgan fingerprint density at radius 3 is 2.30 bits per heavy atom. The predicted octanol–water partition coefficient (Wildman–Crippen LogP) is 1.97. The Bertz CT molecular complexity index is 1760. The fourth-order valence-electron chi connectivity index (χ4n) is 4.36. The Morgan fingerprint density at radius 1 is 0.936 bits per heavy atom. The van der Waals surface area contributed by atoms with Gasteiger partial charge >= 0.3 is 0 Å². The van der Waals surface area contributed by atoms with Crippen LogP contribution >= 0.6 is 23.2 Å². The fourth-order valence-corrected chi connectivity index (χ4v) is 4.77. The predicted molar refractivity (Wildman–Crippen MR) is 178 cm³/mol. The van der Waals surface area contributed by atoms with Crippen LogP contribution in [-0.4, -0.2) is 90.4 Å². The maximum Gasteiger partial charge on any atom is 0.293 e. The third-order valence-electron chi connectivity index (χ3n) is 6.66. The molecule has 0 atom stereocenters. The molecular weight excluding hydrogens is 653 g/mol. The number of carbonyl (C=O) groups excluding carboxylic acids is 4. The summed E-state index contributed by atoms with van der Waals surface area (Å²) in [7, 11) is 3.16. The second-order valence-corrected chi connectivity index (χ2v) is 10.8. The minimum atomic E-state index is -0.663. The number of anilines is 4. The molecule has 0 aliphatic rings. The standard InChI is InChI=1S/C28H33Cl2N13O4/c1-41-15-17(13-19(41)26(46)35-22-14-20(42(2)40-22)25(45)33-10-7-21(31)32)34-27(47)23-36-28(39-38-23)37-24(44)16-3-5-18(6-4-16)43(11-8-29)12-9-30/h3-6,13-15H,7-12H2,1-2H3,(H3,31,32)(H,33,45)(H,34,47)(H,35,40,46)(H2,36,37,38,39,44). The smallest absolute Gasteiger partial charge is 0.293 e. The van der Waals surface area contributed by atoms with E-state index in [9.17, 15) is 19.2 Å². The summed E-state index contributed by atoms with van der Waals surface area (Å²) in [6.07, 6.45) is 1.72. The van der Waals surface area contributed by atoms with Crippen molar-refractivity contribution in [1.82, 2.24) is 34.8 Å². The number of H-pyrrole nitrogens is 1. The van der Waals surface area contributed by atoms with E-state index in [0.29, 0.717) is 30.4 Å². The molecule has 248 valence electrons. The normalized spacial score (nSPS) is 10.7. The third-order valence-corrected chi connectivity index (χ3v) is 7.00. The summed E-state index contributed by atoms with van der Waals surface area (Å²) in [5, 5.41) is 28.2. The first-order valence-corrected chi connectivity index (χ1v) is 15.2. The summed E-state index contributed by atoms with van der Waals surface area (Å²) < 4.78 is 2.80. The van der Waals surface area contributed by atoms with Gasteiger partial charge in [0.05, 0.1) is 11.5 Å². The molecule has 4 amide bonds. The number of aromatic nitrogens is 6. The van der Waals surface area contributed by atoms with Gasteiger partial charge in [-0.15, -0.1) is 28.3 Å². The van der Waals surface area contributed by atoms with Crippen LogP contribution in [0.1, 0.15) is 48.4 Å². The van der Waals surface area contributed by atoms with Gasteiger partial charge in [-0.1, -0.05) is 0 Å². The molecule has 3 heterocycles. The van der Waals surface area contributed by atoms with Crippen molar-refractivity contribution in [3.8, 4) is 0 Å². The number of rotatable bonds is 15. The van der Waals surface area contributed by atoms with E-state index in [-0.39, 0.29) is 53.5 Å². The molecule has 1 aromatic carbocycles. The maximum atomic E-state index is 13.0. The number of hydrogen-bond acceptors (Lipinski definition) is 9. The lowest BCUT2D eigenvalue weighted by atomic mass is 10.2. The second kappa shape index (κ2) is 15.7. The van der Waals surface area contributed by atoms with E-state index in [0.717, 1.165) is 5.69 Å². The summed E-state index contributed by atoms with van der Waals surface area (Å²) in [6, 6.07) is 9.70. The van der Waals surface area contributed by atoms with Gasteiger partial charge in [-0.3, -0.25) is 39.7 Å². The Balaban J connectivity index is 1.33. The largest absolute Gasteiger partial charge is 0.388 e. The Hall–Kier alpha value is -5.42. The van der Waals surface area contributed by atoms with Crippen molar-refractivity contribution in [3.63, 3.8) is 0 Å². The molecule has 3 aromatic heterocycles. The quantitative estimate of drug-likeness (QED) is 0.0549. The van der Waals surface area contributed by atoms with Gasteiger partial charge in [0, 0.05) is 75.4 Å². The molecule has 19 heteroatoms. The lowest BCUT2D eigenvalue weighted by Crippen LogP contribution is -2.29. The van der Waals surface area contributed by atoms with Crippen molar-refractivity contribution in [2.75, 3.05) is 52.2 Å². The number of aryl methyl sites for hydroxylation is 2. The zero-order chi connectivity index (χ0) is 34.1. The molecule has 0 unspecified atom stereocenters. The average molecular weight is 687 g/mol. The number of nitrogens with zero attached hydrogens (tertiary/aromatic N) is 6. The Morgan fingerprint density at radius 2 is 1.64 bits per heavy atom. The van der Waals surface area contributed by atoms with Crippen LogP contribution in [0.4, 0.5) is 23.1 Å². The van der Waals surface area contributed by atoms with Gasteiger partial charge in [0.25, 0.3) is 23.6 Å². The molecule has 4 aromatic rings. The minimum absolute atomic E-state index is 0.0522. The molecule has 0 bridgehead atoms. The second-order valence-electron chi connectivity index (χ2n) is 10.1. The highest BCUT2D eigenvalue weighted by Gasteiger charge is 2.20. The average Bonchev–Trinajstić information content (AvgIpc) is 3.75. The van der Waals surface area contributed by atoms with Crippen molar-refractivity contribution in [3.05, 3.63) is 65.4 Å². The lowest BCUT2D eigenvalue weighted by Gasteiger charge is -2.22. The third kappa shape index (κ3) is 9.08. The van der Waals surface area contributed by atoms with Crippen LogP contribution in [0.2, 0.25) is 0 Å². The van der Waals surface area contributed by atoms with Crippen LogP contribution in [0.25, 0.3) is 0 Å². The van der Waals surface area contributed by atoms with E-state index in [4.69, 9.17) is 34.3 Å². The summed E-state index contributed by atoms with van der Waals surface area (Å²) >= 11 is 11.7. The number of amidine groups is 1. The molecule has 0 spiro atoms. The van der Waals surface area contributed by atoms with Crippen molar-refractivity contribution in [2.24, 2.45) is 19.8 Å². The van der Waals surface area contributed by atoms with Crippen molar-refractivity contribution < 1.29 is 19.2 Å². The number of nitrogens with two attached hydrogens (primary N) is 1. The van der Waals surface area contributed by atoms with E-state index in [1.54, 1.807) is 38.4 Å². The van der Waals surface area contributed by atoms with Crippen molar-refractivity contribution >= 4 is 75.8 Å². The van der Waals surface area contributed by atoms with Gasteiger partial charge in [-0.05, 0) is 30.3 Å². The fraction of sp³-hybridized carbons (Fsp3) is 0.286. The SMILES string of the molecule is Cn1cc(NC(=O)c2nc(NC(=O)c3ccc(N(CCCl)CCCl)cc3)n[nH]2)cc1C(=O)Nc1cc(C(=O)NCCC(=N)N)n(C)n1. The number of halogens is 2.